The molecule has 0 radical (unpaired) electrons. The normalized spacial score (nSPS) is 19.5. The lowest BCUT2D eigenvalue weighted by atomic mass is 9.70. The van der Waals surface area contributed by atoms with Crippen molar-refractivity contribution >= 4 is 5.78 Å². The summed E-state index contributed by atoms with van der Waals surface area (Å²) in [5.41, 5.74) is 5.23. The Bertz CT molecular complexity index is 231. The van der Waals surface area contributed by atoms with Crippen LogP contribution in [0.4, 0.5) is 0 Å². The van der Waals surface area contributed by atoms with Crippen LogP contribution in [0.1, 0.15) is 59.8 Å². The number of hydrogen-bond acceptors (Lipinski definition) is 2. The number of rotatable bonds is 4. The van der Waals surface area contributed by atoms with E-state index in [0.717, 1.165) is 6.42 Å². The van der Waals surface area contributed by atoms with E-state index in [-0.39, 0.29) is 0 Å². The van der Waals surface area contributed by atoms with Crippen LogP contribution in [0.15, 0.2) is 0 Å². The van der Waals surface area contributed by atoms with Crippen LogP contribution in [-0.4, -0.2) is 11.3 Å². The van der Waals surface area contributed by atoms with Crippen LogP contribution in [0.2, 0.25) is 0 Å². The van der Waals surface area contributed by atoms with Gasteiger partial charge in [-0.25, -0.2) is 0 Å². The topological polar surface area (TPSA) is 43.1 Å². The molecule has 0 saturated heterocycles. The van der Waals surface area contributed by atoms with E-state index in [1.165, 1.54) is 25.7 Å². The van der Waals surface area contributed by atoms with E-state index >= 15 is 0 Å². The highest BCUT2D eigenvalue weighted by Gasteiger charge is 2.40. The van der Waals surface area contributed by atoms with Crippen LogP contribution < -0.4 is 5.73 Å². The van der Waals surface area contributed by atoms with Gasteiger partial charge in [-0.05, 0) is 19.8 Å². The van der Waals surface area contributed by atoms with E-state index in [1.54, 1.807) is 0 Å². The van der Waals surface area contributed by atoms with Crippen LogP contribution in [0.5, 0.6) is 0 Å². The third-order valence-electron chi connectivity index (χ3n) is 4.26. The van der Waals surface area contributed by atoms with Crippen molar-refractivity contribution in [1.29, 1.82) is 0 Å². The van der Waals surface area contributed by atoms with E-state index in [0.29, 0.717) is 11.7 Å². The van der Waals surface area contributed by atoms with Crippen molar-refractivity contribution in [3.05, 3.63) is 0 Å². The average Bonchev–Trinajstić information content (AvgIpc) is 2.54. The molecule has 15 heavy (non-hydrogen) atoms. The Balaban J connectivity index is 2.59. The number of carbonyl (C=O) groups is 1. The second kappa shape index (κ2) is 4.25. The Hall–Kier alpha value is -0.370. The SMILES string of the molecule is CC(C)(N)C(C)(C)C(=O)CC1CCCC1. The first-order chi connectivity index (χ1) is 6.75. The molecule has 0 aromatic rings. The molecule has 0 heterocycles. The molecule has 0 aliphatic heterocycles. The summed E-state index contributed by atoms with van der Waals surface area (Å²) in [5.74, 6) is 0.959. The van der Waals surface area contributed by atoms with Gasteiger partial charge in [0.05, 0.1) is 0 Å². The zero-order valence-electron chi connectivity index (χ0n) is 10.6. The lowest BCUT2D eigenvalue weighted by Crippen LogP contribution is -2.52. The molecule has 0 atom stereocenters. The van der Waals surface area contributed by atoms with Gasteiger partial charge in [0.25, 0.3) is 0 Å². The van der Waals surface area contributed by atoms with Gasteiger partial charge in [0.1, 0.15) is 5.78 Å². The number of hydrogen-bond donors (Lipinski definition) is 1. The molecule has 0 amide bonds. The van der Waals surface area contributed by atoms with Crippen LogP contribution in [0.3, 0.4) is 0 Å². The Morgan fingerprint density at radius 1 is 1.20 bits per heavy atom. The molecule has 0 spiro atoms. The molecule has 1 saturated carbocycles. The van der Waals surface area contributed by atoms with Gasteiger partial charge in [0.2, 0.25) is 0 Å². The quantitative estimate of drug-likeness (QED) is 0.777. The molecule has 0 bridgehead atoms. The highest BCUT2D eigenvalue weighted by molar-refractivity contribution is 5.85. The lowest BCUT2D eigenvalue weighted by molar-refractivity contribution is -0.130. The maximum Gasteiger partial charge on any atom is 0.140 e. The monoisotopic (exact) mass is 211 g/mol. The molecule has 2 heteroatoms. The van der Waals surface area contributed by atoms with E-state index in [2.05, 4.69) is 0 Å². The number of ketones is 1. The Labute approximate surface area is 93.6 Å². The molecular weight excluding hydrogens is 186 g/mol. The Morgan fingerprint density at radius 2 is 1.67 bits per heavy atom. The summed E-state index contributed by atoms with van der Waals surface area (Å²) in [7, 11) is 0. The summed E-state index contributed by atoms with van der Waals surface area (Å²) >= 11 is 0. The fraction of sp³-hybridized carbons (Fsp3) is 0.923. The van der Waals surface area contributed by atoms with Crippen LogP contribution in [0, 0.1) is 11.3 Å². The smallest absolute Gasteiger partial charge is 0.140 e. The van der Waals surface area contributed by atoms with Gasteiger partial charge in [0, 0.05) is 17.4 Å². The molecule has 1 rings (SSSR count). The largest absolute Gasteiger partial charge is 0.325 e. The van der Waals surface area contributed by atoms with Crippen LogP contribution in [0.25, 0.3) is 0 Å². The summed E-state index contributed by atoms with van der Waals surface area (Å²) in [5, 5.41) is 0. The average molecular weight is 211 g/mol. The number of Topliss-reactive ketones (excluding diaryl/α,β-unsaturated/α-hetero) is 1. The first-order valence-electron chi connectivity index (χ1n) is 6.07. The van der Waals surface area contributed by atoms with Gasteiger partial charge in [-0.2, -0.15) is 0 Å². The predicted molar refractivity (Wildman–Crippen MR) is 63.6 cm³/mol. The van der Waals surface area contributed by atoms with E-state index in [1.807, 2.05) is 27.7 Å². The van der Waals surface area contributed by atoms with Crippen molar-refractivity contribution in [3.63, 3.8) is 0 Å². The molecule has 88 valence electrons. The first-order valence-corrected chi connectivity index (χ1v) is 6.07. The van der Waals surface area contributed by atoms with Gasteiger partial charge in [-0.1, -0.05) is 39.5 Å². The predicted octanol–water partition coefficient (Wildman–Crippen LogP) is 2.90. The van der Waals surface area contributed by atoms with E-state index < -0.39 is 11.0 Å². The summed E-state index contributed by atoms with van der Waals surface area (Å²) in [6.07, 6.45) is 5.78. The summed E-state index contributed by atoms with van der Waals surface area (Å²) in [6, 6.07) is 0. The molecule has 0 unspecified atom stereocenters. The Kier molecular flexibility index (Phi) is 3.59. The third-order valence-corrected chi connectivity index (χ3v) is 4.26. The lowest BCUT2D eigenvalue weighted by Gasteiger charge is -2.37. The second-order valence-electron chi connectivity index (χ2n) is 6.12. The number of nitrogens with two attached hydrogens (primary N) is 1. The summed E-state index contributed by atoms with van der Waals surface area (Å²) < 4.78 is 0. The summed E-state index contributed by atoms with van der Waals surface area (Å²) in [4.78, 5) is 12.2. The molecule has 0 aromatic carbocycles. The zero-order valence-corrected chi connectivity index (χ0v) is 10.6. The fourth-order valence-electron chi connectivity index (χ4n) is 2.09. The van der Waals surface area contributed by atoms with Crippen molar-refractivity contribution in [2.45, 2.75) is 65.3 Å². The van der Waals surface area contributed by atoms with Crippen LogP contribution in [-0.2, 0) is 4.79 Å². The van der Waals surface area contributed by atoms with Crippen molar-refractivity contribution in [3.8, 4) is 0 Å². The van der Waals surface area contributed by atoms with E-state index in [9.17, 15) is 4.79 Å². The molecule has 2 nitrogen and oxygen atoms in total. The minimum atomic E-state index is -0.428. The van der Waals surface area contributed by atoms with Gasteiger partial charge in [-0.3, -0.25) is 4.79 Å². The van der Waals surface area contributed by atoms with Crippen molar-refractivity contribution in [2.24, 2.45) is 17.1 Å². The Morgan fingerprint density at radius 3 is 2.07 bits per heavy atom. The zero-order chi connectivity index (χ0) is 11.7. The van der Waals surface area contributed by atoms with E-state index in [4.69, 9.17) is 5.73 Å². The highest BCUT2D eigenvalue weighted by Crippen LogP contribution is 2.35. The van der Waals surface area contributed by atoms with Gasteiger partial charge >= 0.3 is 0 Å². The standard InChI is InChI=1S/C13H25NO/c1-12(2,13(3,4)14)11(15)9-10-7-5-6-8-10/h10H,5-9,14H2,1-4H3. The fourth-order valence-corrected chi connectivity index (χ4v) is 2.09. The molecular formula is C13H25NO. The minimum Gasteiger partial charge on any atom is -0.325 e. The molecule has 1 aliphatic carbocycles. The second-order valence-corrected chi connectivity index (χ2v) is 6.12. The minimum absolute atomic E-state index is 0.335. The van der Waals surface area contributed by atoms with Gasteiger partial charge in [-0.15, -0.1) is 0 Å². The molecule has 1 fully saturated rings. The third kappa shape index (κ3) is 2.81. The molecule has 2 N–H and O–H groups in total. The van der Waals surface area contributed by atoms with Gasteiger partial charge < -0.3 is 5.73 Å². The summed E-state index contributed by atoms with van der Waals surface area (Å²) in [6.45, 7) is 7.84. The molecule has 1 aliphatic rings. The number of carbonyl (C=O) groups excluding carboxylic acids is 1. The maximum absolute atomic E-state index is 12.2. The van der Waals surface area contributed by atoms with Gasteiger partial charge in [0.15, 0.2) is 0 Å². The maximum atomic E-state index is 12.2. The van der Waals surface area contributed by atoms with Crippen molar-refractivity contribution in [1.82, 2.24) is 0 Å². The molecule has 0 aromatic heterocycles. The van der Waals surface area contributed by atoms with Crippen LogP contribution >= 0.6 is 0 Å². The van der Waals surface area contributed by atoms with Crippen molar-refractivity contribution in [2.75, 3.05) is 0 Å². The van der Waals surface area contributed by atoms with Crippen molar-refractivity contribution < 1.29 is 4.79 Å². The highest BCUT2D eigenvalue weighted by atomic mass is 16.1. The first kappa shape index (κ1) is 12.7.